The Morgan fingerprint density at radius 2 is 1.90 bits per heavy atom. The average molecular weight is 426 g/mol. The van der Waals surface area contributed by atoms with E-state index >= 15 is 0 Å². The van der Waals surface area contributed by atoms with Crippen LogP contribution in [0.1, 0.15) is 27.7 Å². The number of ether oxygens (including phenoxy) is 1. The van der Waals surface area contributed by atoms with Gasteiger partial charge in [-0.25, -0.2) is 0 Å². The van der Waals surface area contributed by atoms with Crippen LogP contribution >= 0.6 is 11.6 Å². The van der Waals surface area contributed by atoms with E-state index in [9.17, 15) is 4.79 Å². The number of nitrogens with one attached hydrogen (secondary N) is 1. The lowest BCUT2D eigenvalue weighted by Crippen LogP contribution is -2.44. The van der Waals surface area contributed by atoms with Crippen LogP contribution in [-0.4, -0.2) is 48.8 Å². The van der Waals surface area contributed by atoms with Gasteiger partial charge in [0.15, 0.2) is 11.5 Å². The standard InChI is InChI=1S/C23H24ClN3O3/c1-16-6-8-17(9-7-16)22-14-20(26-30-22)23(28)25-15-21(27-10-12-29-13-11-27)18-4-2-3-5-19(18)24/h2-9,14,21H,10-13,15H2,1H3,(H,25,28). The molecule has 0 spiro atoms. The fourth-order valence-electron chi connectivity index (χ4n) is 3.59. The summed E-state index contributed by atoms with van der Waals surface area (Å²) < 4.78 is 10.9. The molecule has 4 rings (SSSR count). The number of halogens is 1. The van der Waals surface area contributed by atoms with E-state index in [4.69, 9.17) is 20.9 Å². The number of amides is 1. The minimum absolute atomic E-state index is 0.0463. The summed E-state index contributed by atoms with van der Waals surface area (Å²) in [5.41, 5.74) is 3.28. The van der Waals surface area contributed by atoms with E-state index in [-0.39, 0.29) is 17.6 Å². The third-order valence-electron chi connectivity index (χ3n) is 5.29. The molecule has 1 unspecified atom stereocenters. The highest BCUT2D eigenvalue weighted by atomic mass is 35.5. The van der Waals surface area contributed by atoms with Crippen molar-refractivity contribution in [3.63, 3.8) is 0 Å². The van der Waals surface area contributed by atoms with Gasteiger partial charge in [0.1, 0.15) is 0 Å². The Morgan fingerprint density at radius 1 is 1.17 bits per heavy atom. The molecule has 0 radical (unpaired) electrons. The zero-order chi connectivity index (χ0) is 20.9. The minimum atomic E-state index is -0.276. The second-order valence-corrected chi connectivity index (χ2v) is 7.75. The van der Waals surface area contributed by atoms with Crippen LogP contribution in [0.4, 0.5) is 0 Å². The van der Waals surface area contributed by atoms with Crippen LogP contribution in [0.15, 0.2) is 59.1 Å². The molecule has 1 atom stereocenters. The molecule has 1 N–H and O–H groups in total. The molecular weight excluding hydrogens is 402 g/mol. The van der Waals surface area contributed by atoms with Crippen molar-refractivity contribution in [2.45, 2.75) is 13.0 Å². The monoisotopic (exact) mass is 425 g/mol. The first-order chi connectivity index (χ1) is 14.6. The molecule has 3 aromatic rings. The molecule has 2 heterocycles. The van der Waals surface area contributed by atoms with Gasteiger partial charge in [-0.1, -0.05) is 64.8 Å². The van der Waals surface area contributed by atoms with E-state index in [2.05, 4.69) is 15.4 Å². The van der Waals surface area contributed by atoms with Crippen LogP contribution in [0.3, 0.4) is 0 Å². The highest BCUT2D eigenvalue weighted by molar-refractivity contribution is 6.31. The summed E-state index contributed by atoms with van der Waals surface area (Å²) in [5.74, 6) is 0.290. The Labute approximate surface area is 180 Å². The Kier molecular flexibility index (Phi) is 6.47. The molecule has 1 amide bonds. The lowest BCUT2D eigenvalue weighted by atomic mass is 10.0. The zero-order valence-corrected chi connectivity index (χ0v) is 17.6. The van der Waals surface area contributed by atoms with E-state index in [1.54, 1.807) is 6.07 Å². The predicted molar refractivity (Wildman–Crippen MR) is 116 cm³/mol. The fraction of sp³-hybridized carbons (Fsp3) is 0.304. The summed E-state index contributed by atoms with van der Waals surface area (Å²) in [6.07, 6.45) is 0. The van der Waals surface area contributed by atoms with Crippen LogP contribution in [0.5, 0.6) is 0 Å². The number of nitrogens with zero attached hydrogens (tertiary/aromatic N) is 2. The first kappa shape index (κ1) is 20.6. The van der Waals surface area contributed by atoms with Crippen molar-refractivity contribution >= 4 is 17.5 Å². The summed E-state index contributed by atoms with van der Waals surface area (Å²) in [4.78, 5) is 15.0. The molecule has 1 saturated heterocycles. The topological polar surface area (TPSA) is 67.6 Å². The molecule has 1 aliphatic heterocycles. The number of hydrogen-bond donors (Lipinski definition) is 1. The second kappa shape index (κ2) is 9.43. The lowest BCUT2D eigenvalue weighted by molar-refractivity contribution is 0.0162. The Balaban J connectivity index is 1.47. The predicted octanol–water partition coefficient (Wildman–Crippen LogP) is 4.11. The molecule has 1 aliphatic rings. The van der Waals surface area contributed by atoms with Gasteiger partial charge in [-0.05, 0) is 18.6 Å². The Hall–Kier alpha value is -2.67. The maximum absolute atomic E-state index is 12.7. The fourth-order valence-corrected chi connectivity index (χ4v) is 3.85. The van der Waals surface area contributed by atoms with Gasteiger partial charge in [0.05, 0.1) is 19.3 Å². The Morgan fingerprint density at radius 3 is 2.63 bits per heavy atom. The smallest absolute Gasteiger partial charge is 0.273 e. The molecule has 0 aliphatic carbocycles. The van der Waals surface area contributed by atoms with Crippen molar-refractivity contribution in [1.82, 2.24) is 15.4 Å². The molecule has 156 valence electrons. The van der Waals surface area contributed by atoms with Crippen LogP contribution in [0, 0.1) is 6.92 Å². The van der Waals surface area contributed by atoms with Crippen LogP contribution in [0.2, 0.25) is 5.02 Å². The van der Waals surface area contributed by atoms with Gasteiger partial charge in [0.2, 0.25) is 0 Å². The zero-order valence-electron chi connectivity index (χ0n) is 16.8. The van der Waals surface area contributed by atoms with Gasteiger partial charge in [-0.15, -0.1) is 0 Å². The van der Waals surface area contributed by atoms with E-state index in [1.165, 1.54) is 0 Å². The molecule has 1 aromatic heterocycles. The van der Waals surface area contributed by atoms with Gasteiger partial charge in [-0.2, -0.15) is 0 Å². The number of benzene rings is 2. The number of rotatable bonds is 6. The third-order valence-corrected chi connectivity index (χ3v) is 5.63. The van der Waals surface area contributed by atoms with Crippen molar-refractivity contribution in [1.29, 1.82) is 0 Å². The van der Waals surface area contributed by atoms with Crippen molar-refractivity contribution in [3.8, 4) is 11.3 Å². The quantitative estimate of drug-likeness (QED) is 0.643. The van der Waals surface area contributed by atoms with Crippen LogP contribution in [-0.2, 0) is 4.74 Å². The van der Waals surface area contributed by atoms with E-state index in [0.29, 0.717) is 30.5 Å². The summed E-state index contributed by atoms with van der Waals surface area (Å²) in [6, 6.07) is 17.2. The van der Waals surface area contributed by atoms with Crippen molar-refractivity contribution in [3.05, 3.63) is 76.4 Å². The van der Waals surface area contributed by atoms with E-state index in [0.717, 1.165) is 29.8 Å². The maximum atomic E-state index is 12.7. The minimum Gasteiger partial charge on any atom is -0.379 e. The molecule has 7 heteroatoms. The van der Waals surface area contributed by atoms with Gasteiger partial charge in [0, 0.05) is 36.3 Å². The number of aromatic nitrogens is 1. The number of hydrogen-bond acceptors (Lipinski definition) is 5. The average Bonchev–Trinajstić information content (AvgIpc) is 3.26. The summed E-state index contributed by atoms with van der Waals surface area (Å²) in [7, 11) is 0. The second-order valence-electron chi connectivity index (χ2n) is 7.34. The van der Waals surface area contributed by atoms with Crippen LogP contribution < -0.4 is 5.32 Å². The number of aryl methyl sites for hydroxylation is 1. The molecular formula is C23H24ClN3O3. The number of carbonyl (C=O) groups excluding carboxylic acids is 1. The molecule has 2 aromatic carbocycles. The molecule has 0 bridgehead atoms. The van der Waals surface area contributed by atoms with Gasteiger partial charge in [0.25, 0.3) is 5.91 Å². The summed E-state index contributed by atoms with van der Waals surface area (Å²) >= 11 is 6.45. The normalized spacial score (nSPS) is 15.7. The first-order valence-corrected chi connectivity index (χ1v) is 10.4. The molecule has 6 nitrogen and oxygen atoms in total. The van der Waals surface area contributed by atoms with E-state index in [1.807, 2.05) is 55.5 Å². The first-order valence-electron chi connectivity index (χ1n) is 10.00. The molecule has 30 heavy (non-hydrogen) atoms. The van der Waals surface area contributed by atoms with Crippen molar-refractivity contribution in [2.75, 3.05) is 32.8 Å². The van der Waals surface area contributed by atoms with Gasteiger partial charge < -0.3 is 14.6 Å². The van der Waals surface area contributed by atoms with Crippen LogP contribution in [0.25, 0.3) is 11.3 Å². The maximum Gasteiger partial charge on any atom is 0.273 e. The number of morpholine rings is 1. The van der Waals surface area contributed by atoms with E-state index < -0.39 is 0 Å². The van der Waals surface area contributed by atoms with Gasteiger partial charge in [-0.3, -0.25) is 9.69 Å². The third kappa shape index (κ3) is 4.73. The highest BCUT2D eigenvalue weighted by Gasteiger charge is 2.25. The van der Waals surface area contributed by atoms with Crippen molar-refractivity contribution in [2.24, 2.45) is 0 Å². The lowest BCUT2D eigenvalue weighted by Gasteiger charge is -2.35. The molecule has 0 saturated carbocycles. The SMILES string of the molecule is Cc1ccc(-c2cc(C(=O)NCC(c3ccccc3Cl)N3CCOCC3)no2)cc1. The summed E-state index contributed by atoms with van der Waals surface area (Å²) in [6.45, 7) is 5.33. The summed E-state index contributed by atoms with van der Waals surface area (Å²) in [5, 5.41) is 7.63. The number of carbonyl (C=O) groups is 1. The largest absolute Gasteiger partial charge is 0.379 e. The van der Waals surface area contributed by atoms with Gasteiger partial charge >= 0.3 is 0 Å². The highest BCUT2D eigenvalue weighted by Crippen LogP contribution is 2.28. The molecule has 1 fully saturated rings. The van der Waals surface area contributed by atoms with Crippen molar-refractivity contribution < 1.29 is 14.1 Å². The Bertz CT molecular complexity index is 997.